The lowest BCUT2D eigenvalue weighted by atomic mass is 10.0. The summed E-state index contributed by atoms with van der Waals surface area (Å²) in [6.07, 6.45) is 2.44. The van der Waals surface area contributed by atoms with E-state index in [2.05, 4.69) is 20.9 Å². The summed E-state index contributed by atoms with van der Waals surface area (Å²) in [5.74, 6) is 0. The SMILES string of the molecule is Cc1ccc(CC(N)c2ccc(Br)cn2)c(Cl)c1. The van der Waals surface area contributed by atoms with Crippen molar-refractivity contribution in [2.45, 2.75) is 19.4 Å². The van der Waals surface area contributed by atoms with Crippen molar-refractivity contribution < 1.29 is 0 Å². The number of hydrogen-bond acceptors (Lipinski definition) is 2. The van der Waals surface area contributed by atoms with Gasteiger partial charge in [0.15, 0.2) is 0 Å². The number of halogens is 2. The number of benzene rings is 1. The lowest BCUT2D eigenvalue weighted by Gasteiger charge is -2.12. The average Bonchev–Trinajstić information content (AvgIpc) is 2.33. The molecule has 0 aliphatic carbocycles. The van der Waals surface area contributed by atoms with Gasteiger partial charge in [-0.25, -0.2) is 0 Å². The summed E-state index contributed by atoms with van der Waals surface area (Å²) in [5.41, 5.74) is 9.22. The maximum Gasteiger partial charge on any atom is 0.0575 e. The Kier molecular flexibility index (Phi) is 4.38. The lowest BCUT2D eigenvalue weighted by Crippen LogP contribution is -2.15. The molecule has 0 saturated heterocycles. The Morgan fingerprint density at radius 2 is 2.11 bits per heavy atom. The van der Waals surface area contributed by atoms with Gasteiger partial charge in [-0.05, 0) is 58.6 Å². The zero-order chi connectivity index (χ0) is 13.1. The average molecular weight is 326 g/mol. The minimum absolute atomic E-state index is 0.140. The molecule has 2 nitrogen and oxygen atoms in total. The van der Waals surface area contributed by atoms with Gasteiger partial charge in [-0.3, -0.25) is 4.98 Å². The Morgan fingerprint density at radius 1 is 1.33 bits per heavy atom. The smallest absolute Gasteiger partial charge is 0.0575 e. The number of nitrogens with two attached hydrogens (primary N) is 1. The topological polar surface area (TPSA) is 38.9 Å². The van der Waals surface area contributed by atoms with E-state index in [0.29, 0.717) is 6.42 Å². The van der Waals surface area contributed by atoms with Crippen LogP contribution in [0.2, 0.25) is 5.02 Å². The van der Waals surface area contributed by atoms with E-state index in [-0.39, 0.29) is 6.04 Å². The molecule has 0 bridgehead atoms. The second kappa shape index (κ2) is 5.83. The molecule has 1 atom stereocenters. The van der Waals surface area contributed by atoms with E-state index in [1.807, 2.05) is 37.3 Å². The van der Waals surface area contributed by atoms with Gasteiger partial charge < -0.3 is 5.73 Å². The molecule has 1 aromatic heterocycles. The number of aryl methyl sites for hydroxylation is 1. The van der Waals surface area contributed by atoms with Gasteiger partial charge in [0.1, 0.15) is 0 Å². The quantitative estimate of drug-likeness (QED) is 0.924. The van der Waals surface area contributed by atoms with Crippen molar-refractivity contribution in [1.29, 1.82) is 0 Å². The minimum atomic E-state index is -0.140. The van der Waals surface area contributed by atoms with Crippen molar-refractivity contribution in [3.05, 3.63) is 62.8 Å². The van der Waals surface area contributed by atoms with E-state index in [4.69, 9.17) is 17.3 Å². The molecule has 2 aromatic rings. The van der Waals surface area contributed by atoms with E-state index in [0.717, 1.165) is 26.3 Å². The van der Waals surface area contributed by atoms with Crippen LogP contribution in [-0.2, 0) is 6.42 Å². The molecule has 1 aromatic carbocycles. The third-order valence-corrected chi connectivity index (χ3v) is 3.60. The molecule has 0 aliphatic heterocycles. The summed E-state index contributed by atoms with van der Waals surface area (Å²) in [7, 11) is 0. The molecule has 1 unspecified atom stereocenters. The fourth-order valence-corrected chi connectivity index (χ4v) is 2.31. The number of hydrogen-bond donors (Lipinski definition) is 1. The first-order valence-electron chi connectivity index (χ1n) is 5.68. The highest BCUT2D eigenvalue weighted by molar-refractivity contribution is 9.10. The second-order valence-corrected chi connectivity index (χ2v) is 5.63. The molecule has 2 N–H and O–H groups in total. The van der Waals surface area contributed by atoms with Gasteiger partial charge in [-0.1, -0.05) is 23.7 Å². The van der Waals surface area contributed by atoms with Crippen LogP contribution in [0.4, 0.5) is 0 Å². The highest BCUT2D eigenvalue weighted by Gasteiger charge is 2.10. The molecule has 0 radical (unpaired) electrons. The van der Waals surface area contributed by atoms with E-state index in [9.17, 15) is 0 Å². The summed E-state index contributed by atoms with van der Waals surface area (Å²) >= 11 is 9.56. The van der Waals surface area contributed by atoms with Crippen molar-refractivity contribution in [2.24, 2.45) is 5.73 Å². The van der Waals surface area contributed by atoms with E-state index < -0.39 is 0 Å². The summed E-state index contributed by atoms with van der Waals surface area (Å²) in [6.45, 7) is 2.02. The predicted molar refractivity (Wildman–Crippen MR) is 78.8 cm³/mol. The van der Waals surface area contributed by atoms with Crippen LogP contribution in [0.3, 0.4) is 0 Å². The Labute approximate surface area is 120 Å². The van der Waals surface area contributed by atoms with Gasteiger partial charge in [0.2, 0.25) is 0 Å². The van der Waals surface area contributed by atoms with E-state index >= 15 is 0 Å². The summed E-state index contributed by atoms with van der Waals surface area (Å²) in [4.78, 5) is 4.31. The van der Waals surface area contributed by atoms with Gasteiger partial charge in [-0.15, -0.1) is 0 Å². The van der Waals surface area contributed by atoms with Crippen LogP contribution in [0.25, 0.3) is 0 Å². The highest BCUT2D eigenvalue weighted by Crippen LogP contribution is 2.23. The largest absolute Gasteiger partial charge is 0.322 e. The van der Waals surface area contributed by atoms with Crippen molar-refractivity contribution in [3.8, 4) is 0 Å². The van der Waals surface area contributed by atoms with Gasteiger partial charge in [0.05, 0.1) is 11.7 Å². The lowest BCUT2D eigenvalue weighted by molar-refractivity contribution is 0.696. The van der Waals surface area contributed by atoms with Crippen molar-refractivity contribution in [2.75, 3.05) is 0 Å². The van der Waals surface area contributed by atoms with Crippen LogP contribution in [0.15, 0.2) is 41.0 Å². The Morgan fingerprint density at radius 3 is 2.72 bits per heavy atom. The first-order valence-corrected chi connectivity index (χ1v) is 6.85. The fraction of sp³-hybridized carbons (Fsp3) is 0.214. The first-order chi connectivity index (χ1) is 8.56. The molecule has 2 rings (SSSR count). The molecule has 0 fully saturated rings. The fourth-order valence-electron chi connectivity index (χ4n) is 1.77. The maximum atomic E-state index is 6.20. The predicted octanol–water partition coefficient (Wildman–Crippen LogP) is 4.05. The molecule has 94 valence electrons. The Hall–Kier alpha value is -0.900. The van der Waals surface area contributed by atoms with Crippen LogP contribution < -0.4 is 5.73 Å². The summed E-state index contributed by atoms with van der Waals surface area (Å²) in [6, 6.07) is 9.76. The van der Waals surface area contributed by atoms with Crippen LogP contribution in [0.1, 0.15) is 22.9 Å². The van der Waals surface area contributed by atoms with Gasteiger partial charge in [0.25, 0.3) is 0 Å². The molecule has 0 amide bonds. The Bertz CT molecular complexity index is 540. The molecule has 18 heavy (non-hydrogen) atoms. The van der Waals surface area contributed by atoms with Crippen LogP contribution >= 0.6 is 27.5 Å². The molecule has 4 heteroatoms. The third kappa shape index (κ3) is 3.31. The highest BCUT2D eigenvalue weighted by atomic mass is 79.9. The molecular weight excluding hydrogens is 312 g/mol. The van der Waals surface area contributed by atoms with Gasteiger partial charge >= 0.3 is 0 Å². The molecular formula is C14H14BrClN2. The Balaban J connectivity index is 2.15. The monoisotopic (exact) mass is 324 g/mol. The van der Waals surface area contributed by atoms with Crippen LogP contribution in [0.5, 0.6) is 0 Å². The van der Waals surface area contributed by atoms with E-state index in [1.54, 1.807) is 6.20 Å². The van der Waals surface area contributed by atoms with E-state index in [1.165, 1.54) is 0 Å². The number of aromatic nitrogens is 1. The van der Waals surface area contributed by atoms with Crippen molar-refractivity contribution in [1.82, 2.24) is 4.98 Å². The van der Waals surface area contributed by atoms with Gasteiger partial charge in [-0.2, -0.15) is 0 Å². The first kappa shape index (κ1) is 13.5. The zero-order valence-electron chi connectivity index (χ0n) is 10.0. The second-order valence-electron chi connectivity index (χ2n) is 4.31. The van der Waals surface area contributed by atoms with Crippen LogP contribution in [-0.4, -0.2) is 4.98 Å². The maximum absolute atomic E-state index is 6.20. The standard InChI is InChI=1S/C14H14BrClN2/c1-9-2-3-10(12(16)6-9)7-13(17)14-5-4-11(15)8-18-14/h2-6,8,13H,7,17H2,1H3. The number of nitrogens with zero attached hydrogens (tertiary/aromatic N) is 1. The summed E-state index contributed by atoms with van der Waals surface area (Å²) < 4.78 is 0.951. The normalized spacial score (nSPS) is 12.4. The minimum Gasteiger partial charge on any atom is -0.322 e. The number of rotatable bonds is 3. The van der Waals surface area contributed by atoms with Crippen molar-refractivity contribution in [3.63, 3.8) is 0 Å². The van der Waals surface area contributed by atoms with Gasteiger partial charge in [0, 0.05) is 15.7 Å². The molecule has 0 spiro atoms. The van der Waals surface area contributed by atoms with Crippen LogP contribution in [0, 0.1) is 6.92 Å². The third-order valence-electron chi connectivity index (χ3n) is 2.78. The molecule has 1 heterocycles. The van der Waals surface area contributed by atoms with Crippen molar-refractivity contribution >= 4 is 27.5 Å². The molecule has 0 saturated carbocycles. The number of pyridine rings is 1. The zero-order valence-corrected chi connectivity index (χ0v) is 12.4. The summed E-state index contributed by atoms with van der Waals surface area (Å²) in [5, 5.41) is 0.766. The molecule has 0 aliphatic rings.